The third kappa shape index (κ3) is 2.26. The molecule has 1 atom stereocenters. The van der Waals surface area contributed by atoms with E-state index in [0.717, 1.165) is 4.90 Å². The summed E-state index contributed by atoms with van der Waals surface area (Å²) in [5.74, 6) is -2.30. The molecule has 0 unspecified atom stereocenters. The van der Waals surface area contributed by atoms with Crippen LogP contribution in [-0.2, 0) is 16.1 Å². The lowest BCUT2D eigenvalue weighted by molar-refractivity contribution is -0.238. The second kappa shape index (κ2) is 5.19. The number of halogens is 3. The number of carbonyl (C=O) groups is 2. The third-order valence-electron chi connectivity index (χ3n) is 4.22. The van der Waals surface area contributed by atoms with Crippen molar-refractivity contribution in [2.75, 3.05) is 0 Å². The minimum atomic E-state index is -5.23. The fourth-order valence-electron chi connectivity index (χ4n) is 3.13. The molecule has 122 valence electrons. The molecule has 0 aromatic heterocycles. The number of Topliss-reactive ketones (excluding diaryl/α,β-unsaturated/α-hetero) is 1. The third-order valence-corrected chi connectivity index (χ3v) is 4.22. The van der Waals surface area contributed by atoms with Crippen molar-refractivity contribution in [2.24, 2.45) is 0 Å². The minimum absolute atomic E-state index is 0.00470. The largest absolute Gasteiger partial charge is 0.430 e. The first-order valence-electron chi connectivity index (χ1n) is 7.18. The molecule has 1 heterocycles. The Balaban J connectivity index is 2.08. The number of benzene rings is 1. The molecule has 1 aliphatic heterocycles. The Morgan fingerprint density at radius 2 is 1.78 bits per heavy atom. The number of ketones is 1. The maximum Gasteiger partial charge on any atom is 0.430 e. The zero-order valence-electron chi connectivity index (χ0n) is 12.1. The van der Waals surface area contributed by atoms with Gasteiger partial charge in [0.1, 0.15) is 0 Å². The van der Waals surface area contributed by atoms with Gasteiger partial charge in [0.15, 0.2) is 5.78 Å². The predicted octanol–water partition coefficient (Wildman–Crippen LogP) is 2.33. The molecule has 0 bridgehead atoms. The number of rotatable bonds is 2. The summed E-state index contributed by atoms with van der Waals surface area (Å²) in [6.07, 6.45) is -4.80. The molecule has 1 amide bonds. The van der Waals surface area contributed by atoms with Crippen molar-refractivity contribution in [3.8, 4) is 0 Å². The van der Waals surface area contributed by atoms with Crippen LogP contribution in [0.2, 0.25) is 0 Å². The van der Waals surface area contributed by atoms with E-state index in [0.29, 0.717) is 12.0 Å². The second-order valence-electron chi connectivity index (χ2n) is 5.68. The quantitative estimate of drug-likeness (QED) is 0.908. The molecule has 0 spiro atoms. The Bertz CT molecular complexity index is 696. The highest BCUT2D eigenvalue weighted by molar-refractivity contribution is 6.11. The summed E-state index contributed by atoms with van der Waals surface area (Å²) in [7, 11) is 0. The summed E-state index contributed by atoms with van der Waals surface area (Å²) in [5, 5.41) is 10.1. The number of hydrogen-bond donors (Lipinski definition) is 1. The predicted molar refractivity (Wildman–Crippen MR) is 73.9 cm³/mol. The van der Waals surface area contributed by atoms with E-state index in [9.17, 15) is 27.9 Å². The lowest BCUT2D eigenvalue weighted by Crippen LogP contribution is -2.55. The van der Waals surface area contributed by atoms with Crippen LogP contribution in [0.4, 0.5) is 13.2 Å². The van der Waals surface area contributed by atoms with E-state index in [1.54, 1.807) is 30.3 Å². The van der Waals surface area contributed by atoms with Gasteiger partial charge in [-0.05, 0) is 18.4 Å². The van der Waals surface area contributed by atoms with Gasteiger partial charge in [0.2, 0.25) is 0 Å². The Labute approximate surface area is 130 Å². The maximum absolute atomic E-state index is 13.4. The molecular weight excluding hydrogens is 311 g/mol. The van der Waals surface area contributed by atoms with Crippen molar-refractivity contribution in [2.45, 2.75) is 37.6 Å². The van der Waals surface area contributed by atoms with Crippen LogP contribution in [0.3, 0.4) is 0 Å². The van der Waals surface area contributed by atoms with Gasteiger partial charge in [-0.25, -0.2) is 0 Å². The van der Waals surface area contributed by atoms with Crippen molar-refractivity contribution >= 4 is 11.7 Å². The molecule has 0 saturated carbocycles. The molecule has 3 rings (SSSR count). The van der Waals surface area contributed by atoms with E-state index in [1.165, 1.54) is 0 Å². The van der Waals surface area contributed by atoms with E-state index in [4.69, 9.17) is 0 Å². The molecule has 0 radical (unpaired) electrons. The van der Waals surface area contributed by atoms with Gasteiger partial charge in [0.05, 0.1) is 12.1 Å². The monoisotopic (exact) mass is 325 g/mol. The average molecular weight is 325 g/mol. The van der Waals surface area contributed by atoms with Crippen molar-refractivity contribution in [1.29, 1.82) is 0 Å². The van der Waals surface area contributed by atoms with Gasteiger partial charge < -0.3 is 10.0 Å². The first-order chi connectivity index (χ1) is 10.8. The average Bonchev–Trinajstić information content (AvgIpc) is 2.72. The van der Waals surface area contributed by atoms with E-state index in [1.807, 2.05) is 0 Å². The summed E-state index contributed by atoms with van der Waals surface area (Å²) in [6.45, 7) is -0.107. The summed E-state index contributed by atoms with van der Waals surface area (Å²) < 4.78 is 40.1. The highest BCUT2D eigenvalue weighted by Crippen LogP contribution is 2.48. The number of hydrogen-bond acceptors (Lipinski definition) is 3. The lowest BCUT2D eigenvalue weighted by atomic mass is 9.85. The molecule has 1 aromatic rings. The molecule has 23 heavy (non-hydrogen) atoms. The Kier molecular flexibility index (Phi) is 3.55. The Morgan fingerprint density at radius 3 is 2.39 bits per heavy atom. The second-order valence-corrected chi connectivity index (χ2v) is 5.68. The number of amides is 1. The van der Waals surface area contributed by atoms with E-state index in [-0.39, 0.29) is 25.1 Å². The molecule has 1 N–H and O–H groups in total. The zero-order valence-corrected chi connectivity index (χ0v) is 12.1. The smallest absolute Gasteiger partial charge is 0.368 e. The van der Waals surface area contributed by atoms with E-state index < -0.39 is 29.0 Å². The van der Waals surface area contributed by atoms with Crippen LogP contribution in [-0.4, -0.2) is 33.5 Å². The van der Waals surface area contributed by atoms with Crippen LogP contribution in [0, 0.1) is 0 Å². The summed E-state index contributed by atoms with van der Waals surface area (Å²) >= 11 is 0. The van der Waals surface area contributed by atoms with Crippen LogP contribution >= 0.6 is 0 Å². The van der Waals surface area contributed by atoms with Gasteiger partial charge in [-0.2, -0.15) is 13.2 Å². The molecule has 1 aromatic carbocycles. The van der Waals surface area contributed by atoms with Crippen LogP contribution in [0.5, 0.6) is 0 Å². The van der Waals surface area contributed by atoms with Crippen molar-refractivity contribution < 1.29 is 27.9 Å². The maximum atomic E-state index is 13.4. The van der Waals surface area contributed by atoms with Gasteiger partial charge in [0.25, 0.3) is 11.5 Å². The number of carbonyl (C=O) groups excluding carboxylic acids is 2. The number of nitrogens with zero attached hydrogens (tertiary/aromatic N) is 1. The standard InChI is InChI=1S/C16H14F3NO3/c17-16(18,19)15(23)13-11(7-4-8-12(13)21)20(14(15)22)9-10-5-2-1-3-6-10/h1-3,5-6,23H,4,7-9H2/t15-/m1/s1. The summed E-state index contributed by atoms with van der Waals surface area (Å²) in [6, 6.07) is 8.49. The van der Waals surface area contributed by atoms with Gasteiger partial charge in [-0.1, -0.05) is 30.3 Å². The molecule has 0 saturated heterocycles. The molecule has 7 heteroatoms. The number of allylic oxidation sites excluding steroid dienone is 1. The van der Waals surface area contributed by atoms with Crippen LogP contribution in [0.15, 0.2) is 41.6 Å². The Hall–Kier alpha value is -2.15. The highest BCUT2D eigenvalue weighted by atomic mass is 19.4. The van der Waals surface area contributed by atoms with Crippen LogP contribution in [0.25, 0.3) is 0 Å². The van der Waals surface area contributed by atoms with Gasteiger partial charge >= 0.3 is 6.18 Å². The molecule has 2 aliphatic rings. The first-order valence-corrected chi connectivity index (χ1v) is 7.18. The van der Waals surface area contributed by atoms with Crippen LogP contribution in [0.1, 0.15) is 24.8 Å². The molecule has 4 nitrogen and oxygen atoms in total. The SMILES string of the molecule is O=C1CCCC2=C1[C@](O)(C(F)(F)F)C(=O)N2Cc1ccccc1. The fraction of sp³-hybridized carbons (Fsp3) is 0.375. The van der Waals surface area contributed by atoms with Crippen molar-refractivity contribution in [1.82, 2.24) is 4.90 Å². The van der Waals surface area contributed by atoms with Gasteiger partial charge in [-0.15, -0.1) is 0 Å². The van der Waals surface area contributed by atoms with Gasteiger partial charge in [-0.3, -0.25) is 9.59 Å². The number of aliphatic hydroxyl groups is 1. The van der Waals surface area contributed by atoms with Crippen molar-refractivity contribution in [3.05, 3.63) is 47.2 Å². The topological polar surface area (TPSA) is 57.6 Å². The normalized spacial score (nSPS) is 25.1. The fourth-order valence-corrected chi connectivity index (χ4v) is 3.13. The highest BCUT2D eigenvalue weighted by Gasteiger charge is 2.69. The Morgan fingerprint density at radius 1 is 1.13 bits per heavy atom. The van der Waals surface area contributed by atoms with Gasteiger partial charge in [0, 0.05) is 12.1 Å². The molecule has 1 aliphatic carbocycles. The zero-order chi connectivity index (χ0) is 16.8. The van der Waals surface area contributed by atoms with E-state index >= 15 is 0 Å². The number of alkyl halides is 3. The minimum Gasteiger partial charge on any atom is -0.368 e. The summed E-state index contributed by atoms with van der Waals surface area (Å²) in [4.78, 5) is 25.2. The molecule has 0 fully saturated rings. The van der Waals surface area contributed by atoms with Crippen molar-refractivity contribution in [3.63, 3.8) is 0 Å². The van der Waals surface area contributed by atoms with Crippen LogP contribution < -0.4 is 0 Å². The van der Waals surface area contributed by atoms with E-state index in [2.05, 4.69) is 0 Å². The first kappa shape index (κ1) is 15.7. The summed E-state index contributed by atoms with van der Waals surface area (Å²) in [5.41, 5.74) is -3.90. The molecular formula is C16H14F3NO3. The lowest BCUT2D eigenvalue weighted by Gasteiger charge is -2.27.